The van der Waals surface area contributed by atoms with Crippen LogP contribution in [0.4, 0.5) is 11.8 Å². The Balaban J connectivity index is 0.00000384. The van der Waals surface area contributed by atoms with Crippen molar-refractivity contribution >= 4 is 49.3 Å². The third-order valence-corrected chi connectivity index (χ3v) is 8.07. The molecule has 226 valence electrons. The molecule has 2 aliphatic heterocycles. The topological polar surface area (TPSA) is 291 Å². The van der Waals surface area contributed by atoms with E-state index in [1.54, 1.807) is 4.57 Å². The third kappa shape index (κ3) is 6.11. The van der Waals surface area contributed by atoms with Gasteiger partial charge in [0.2, 0.25) is 17.7 Å². The van der Waals surface area contributed by atoms with Crippen molar-refractivity contribution in [2.75, 3.05) is 24.7 Å². The summed E-state index contributed by atoms with van der Waals surface area (Å²) in [4.78, 5) is 43.9. The second-order valence-electron chi connectivity index (χ2n) is 9.76. The summed E-state index contributed by atoms with van der Waals surface area (Å²) in [7, 11) is -3.97. The molecule has 7 atom stereocenters. The molecule has 2 aliphatic rings. The fraction of sp³-hybridized carbons (Fsp3) is 0.476. The summed E-state index contributed by atoms with van der Waals surface area (Å²) in [6.45, 7) is -1.18. The number of imidazole rings is 2. The quantitative estimate of drug-likeness (QED) is 0.0841. The monoisotopic (exact) mass is 639 g/mol. The van der Waals surface area contributed by atoms with E-state index < -0.39 is 63.5 Å². The number of aliphatic hydroxyl groups excluding tert-OH is 2. The number of fused-ring (bicyclic) bond motifs is 2. The van der Waals surface area contributed by atoms with Gasteiger partial charge in [0.15, 0.2) is 17.8 Å². The van der Waals surface area contributed by atoms with Crippen LogP contribution in [-0.2, 0) is 23.1 Å². The number of hydrogen-bond acceptors (Lipinski definition) is 16. The van der Waals surface area contributed by atoms with Crippen molar-refractivity contribution in [2.24, 2.45) is 0 Å². The number of ether oxygens (including phenoxy) is 2. The van der Waals surface area contributed by atoms with Gasteiger partial charge in [-0.25, -0.2) is 15.0 Å². The van der Waals surface area contributed by atoms with E-state index in [4.69, 9.17) is 35.3 Å². The second-order valence-corrected chi connectivity index (χ2v) is 11.1. The summed E-state index contributed by atoms with van der Waals surface area (Å²) in [5, 5.41) is 29.5. The molecule has 0 spiro atoms. The van der Waals surface area contributed by atoms with E-state index in [0.717, 1.165) is 7.41 Å². The van der Waals surface area contributed by atoms with Crippen molar-refractivity contribution in [1.82, 2.24) is 34.1 Å². The van der Waals surface area contributed by atoms with E-state index >= 15 is 0 Å². The SMILES string of the molecule is N#C[B-][n+]1cn(C2CC(OP(=O)([O-])OCC3OC(n4cnc5c(N)ncnc54)CC3O)C(CO)O2)c2nc(N)[nH]c(=O)c21.[Na+]. The minimum Gasteiger partial charge on any atom is -0.756 e. The zero-order valence-corrected chi connectivity index (χ0v) is 25.9. The summed E-state index contributed by atoms with van der Waals surface area (Å²) in [5.74, 6) is 1.79. The Hall–Kier alpha value is -3.00. The van der Waals surface area contributed by atoms with Gasteiger partial charge >= 0.3 is 29.6 Å². The largest absolute Gasteiger partial charge is 1.00 e. The summed E-state index contributed by atoms with van der Waals surface area (Å²) < 4.78 is 38.9. The number of nitrogen functional groups attached to an aromatic ring is 2. The number of phosphoric ester groups is 1. The van der Waals surface area contributed by atoms with Gasteiger partial charge in [0, 0.05) is 12.8 Å². The number of aromatic amines is 1. The molecule has 6 heterocycles. The first kappa shape index (κ1) is 32.4. The van der Waals surface area contributed by atoms with Gasteiger partial charge in [-0.05, 0) is 0 Å². The van der Waals surface area contributed by atoms with Crippen LogP contribution in [0.3, 0.4) is 0 Å². The van der Waals surface area contributed by atoms with Crippen LogP contribution in [0, 0.1) is 11.2 Å². The maximum absolute atomic E-state index is 12.8. The van der Waals surface area contributed by atoms with Crippen LogP contribution in [0.1, 0.15) is 25.3 Å². The Labute approximate surface area is 269 Å². The molecule has 4 aromatic rings. The van der Waals surface area contributed by atoms with Crippen molar-refractivity contribution < 1.29 is 72.2 Å². The number of H-pyrrole nitrogens is 1. The molecular weight excluding hydrogens is 615 g/mol. The van der Waals surface area contributed by atoms with Crippen LogP contribution in [0.15, 0.2) is 23.8 Å². The number of nitrogens with zero attached hydrogens (tertiary/aromatic N) is 8. The number of nitrogens with one attached hydrogen (secondary N) is 1. The zero-order valence-electron chi connectivity index (χ0n) is 23.0. The van der Waals surface area contributed by atoms with Gasteiger partial charge in [-0.3, -0.25) is 24.2 Å². The van der Waals surface area contributed by atoms with Crippen molar-refractivity contribution in [2.45, 2.75) is 49.7 Å². The predicted octanol–water partition coefficient (Wildman–Crippen LogP) is -6.23. The summed E-state index contributed by atoms with van der Waals surface area (Å²) in [6.07, 6.45) is -2.12. The number of nitrogens with two attached hydrogens (primary N) is 2. The van der Waals surface area contributed by atoms with Crippen LogP contribution in [0.2, 0.25) is 0 Å². The number of hydrogen-bond donors (Lipinski definition) is 5. The molecule has 23 heteroatoms. The van der Waals surface area contributed by atoms with Gasteiger partial charge in [-0.1, -0.05) is 0 Å². The van der Waals surface area contributed by atoms with E-state index in [0.29, 0.717) is 11.2 Å². The summed E-state index contributed by atoms with van der Waals surface area (Å²) in [5.41, 5.74) is 11.7. The molecule has 0 saturated carbocycles. The minimum absolute atomic E-state index is 0. The van der Waals surface area contributed by atoms with Gasteiger partial charge in [0.1, 0.15) is 36.4 Å². The van der Waals surface area contributed by atoms with E-state index in [9.17, 15) is 24.5 Å². The summed E-state index contributed by atoms with van der Waals surface area (Å²) >= 11 is 0. The van der Waals surface area contributed by atoms with Crippen molar-refractivity contribution in [3.05, 3.63) is 29.3 Å². The molecule has 4 aromatic heterocycles. The molecule has 0 aliphatic carbocycles. The van der Waals surface area contributed by atoms with Gasteiger partial charge in [0.25, 0.3) is 19.0 Å². The standard InChI is InChI=1S/C21H24BN11O9P.Na/c23-5-22-33-8-32(19-16(33)20(36)30-21(25)29-19)14-2-10(11(3-34)40-14)42-43(37,38)39-4-12-9(35)1-13(41-12)31-7-28-15-17(24)26-6-27-18(15)31;/h6-14,34-35H,1-4H2,(H5-,24,25,26,27,29,30,36,37,38);/q-1;+1. The van der Waals surface area contributed by atoms with Crippen LogP contribution in [-0.4, -0.2) is 89.3 Å². The second kappa shape index (κ2) is 12.8. The summed E-state index contributed by atoms with van der Waals surface area (Å²) in [6, 6.07) is 0. The number of aromatic nitrogens is 8. The Bertz CT molecular complexity index is 1830. The van der Waals surface area contributed by atoms with E-state index in [2.05, 4.69) is 24.9 Å². The van der Waals surface area contributed by atoms with Crippen molar-refractivity contribution in [3.63, 3.8) is 0 Å². The molecule has 6 rings (SSSR count). The van der Waals surface area contributed by atoms with E-state index in [1.165, 1.54) is 28.0 Å². The first-order valence-electron chi connectivity index (χ1n) is 12.8. The average molecular weight is 639 g/mol. The normalized spacial score (nSPS) is 26.5. The van der Waals surface area contributed by atoms with Gasteiger partial charge in [-0.2, -0.15) is 15.5 Å². The average Bonchev–Trinajstić information content (AvgIpc) is 3.72. The van der Waals surface area contributed by atoms with Crippen LogP contribution in [0.25, 0.3) is 22.3 Å². The fourth-order valence-electron chi connectivity index (χ4n) is 5.13. The van der Waals surface area contributed by atoms with Crippen LogP contribution in [0.5, 0.6) is 0 Å². The Morgan fingerprint density at radius 2 is 1.98 bits per heavy atom. The number of nitriles is 1. The molecule has 0 bridgehead atoms. The minimum atomic E-state index is -5.03. The number of aliphatic hydroxyl groups is 2. The molecule has 7 unspecified atom stereocenters. The first-order valence-corrected chi connectivity index (χ1v) is 14.3. The molecule has 2 fully saturated rings. The van der Waals surface area contributed by atoms with E-state index in [-0.39, 0.29) is 65.3 Å². The molecule has 20 nitrogen and oxygen atoms in total. The Morgan fingerprint density at radius 3 is 2.73 bits per heavy atom. The maximum Gasteiger partial charge on any atom is 1.00 e. The molecule has 0 aromatic carbocycles. The van der Waals surface area contributed by atoms with Crippen LogP contribution < -0.4 is 56.0 Å². The Kier molecular flexibility index (Phi) is 9.41. The number of phosphoric acid groups is 1. The maximum atomic E-state index is 12.8. The zero-order chi connectivity index (χ0) is 30.5. The van der Waals surface area contributed by atoms with E-state index in [1.807, 2.05) is 5.97 Å². The molecule has 7 N–H and O–H groups in total. The molecule has 2 radical (unpaired) electrons. The molecule has 2 saturated heterocycles. The molecular formula is C21H24BN11NaO9P. The van der Waals surface area contributed by atoms with Gasteiger partial charge in [0.05, 0.1) is 33.1 Å². The number of anilines is 2. The van der Waals surface area contributed by atoms with Gasteiger partial charge in [-0.15, -0.1) is 0 Å². The van der Waals surface area contributed by atoms with Crippen molar-refractivity contribution in [1.29, 1.82) is 5.26 Å². The third-order valence-electron chi connectivity index (χ3n) is 7.08. The predicted molar refractivity (Wildman–Crippen MR) is 140 cm³/mol. The van der Waals surface area contributed by atoms with Crippen molar-refractivity contribution in [3.8, 4) is 5.97 Å². The smallest absolute Gasteiger partial charge is 0.756 e. The van der Waals surface area contributed by atoms with Crippen LogP contribution >= 0.6 is 7.82 Å². The molecule has 0 amide bonds. The fourth-order valence-corrected chi connectivity index (χ4v) is 6.07. The first-order chi connectivity index (χ1) is 20.6. The van der Waals surface area contributed by atoms with Gasteiger partial charge < -0.3 is 49.6 Å². The molecule has 44 heavy (non-hydrogen) atoms. The Morgan fingerprint density at radius 1 is 1.23 bits per heavy atom. The number of rotatable bonds is 9.